The maximum atomic E-state index is 12.5. The van der Waals surface area contributed by atoms with Crippen LogP contribution in [-0.2, 0) is 9.59 Å². The fourth-order valence-corrected chi connectivity index (χ4v) is 4.82. The smallest absolute Gasteiger partial charge is 0.266 e. The summed E-state index contributed by atoms with van der Waals surface area (Å²) in [5.41, 5.74) is 0.652. The van der Waals surface area contributed by atoms with Gasteiger partial charge in [0.2, 0.25) is 12.7 Å². The number of nitrogens with zero attached hydrogens (tertiary/aromatic N) is 1. The van der Waals surface area contributed by atoms with Gasteiger partial charge in [0.05, 0.1) is 4.91 Å². The first-order valence-corrected chi connectivity index (χ1v) is 10.7. The molecule has 0 saturated carbocycles. The summed E-state index contributed by atoms with van der Waals surface area (Å²) in [7, 11) is 0. The molecule has 0 spiro atoms. The van der Waals surface area contributed by atoms with Crippen LogP contribution < -0.4 is 14.8 Å². The van der Waals surface area contributed by atoms with Crippen molar-refractivity contribution < 1.29 is 19.1 Å². The number of thioether (sulfide) groups is 1. The lowest BCUT2D eigenvalue weighted by molar-refractivity contribution is -0.122. The lowest BCUT2D eigenvalue weighted by Crippen LogP contribution is -2.29. The van der Waals surface area contributed by atoms with Gasteiger partial charge in [-0.1, -0.05) is 30.0 Å². The molecule has 9 heteroatoms. The average molecular weight is 433 g/mol. The molecule has 0 atom stereocenters. The van der Waals surface area contributed by atoms with Crippen molar-refractivity contribution in [1.82, 2.24) is 4.90 Å². The van der Waals surface area contributed by atoms with Crippen molar-refractivity contribution in [2.75, 3.05) is 18.7 Å². The number of carbonyl (C=O) groups is 2. The Morgan fingerprint density at radius 1 is 1.29 bits per heavy atom. The highest BCUT2D eigenvalue weighted by atomic mass is 32.2. The van der Waals surface area contributed by atoms with E-state index >= 15 is 0 Å². The van der Waals surface area contributed by atoms with Gasteiger partial charge in [0.15, 0.2) is 11.5 Å². The number of nitrogens with one attached hydrogen (secondary N) is 1. The summed E-state index contributed by atoms with van der Waals surface area (Å²) in [6, 6.07) is 9.16. The van der Waals surface area contributed by atoms with E-state index in [-0.39, 0.29) is 25.0 Å². The lowest BCUT2D eigenvalue weighted by Gasteiger charge is -2.14. The minimum absolute atomic E-state index is 0.0976. The lowest BCUT2D eigenvalue weighted by atomic mass is 10.2. The molecule has 28 heavy (non-hydrogen) atoms. The van der Waals surface area contributed by atoms with E-state index in [9.17, 15) is 9.59 Å². The molecule has 1 N–H and O–H groups in total. The Morgan fingerprint density at radius 3 is 2.96 bits per heavy atom. The van der Waals surface area contributed by atoms with Gasteiger partial charge >= 0.3 is 0 Å². The Balaban J connectivity index is 1.28. The van der Waals surface area contributed by atoms with Gasteiger partial charge in [-0.15, -0.1) is 11.3 Å². The zero-order chi connectivity index (χ0) is 19.5. The van der Waals surface area contributed by atoms with Crippen LogP contribution in [-0.4, -0.2) is 34.4 Å². The van der Waals surface area contributed by atoms with Crippen molar-refractivity contribution in [3.8, 4) is 11.5 Å². The quantitative estimate of drug-likeness (QED) is 0.548. The van der Waals surface area contributed by atoms with Gasteiger partial charge in [-0.3, -0.25) is 14.5 Å². The molecule has 2 aromatic rings. The van der Waals surface area contributed by atoms with Crippen LogP contribution in [0.2, 0.25) is 0 Å². The third kappa shape index (κ3) is 4.21. The Bertz CT molecular complexity index is 956. The predicted molar refractivity (Wildman–Crippen MR) is 115 cm³/mol. The number of rotatable bonds is 6. The summed E-state index contributed by atoms with van der Waals surface area (Å²) in [5.74, 6) is 1.06. The van der Waals surface area contributed by atoms with Crippen molar-refractivity contribution >= 4 is 63.2 Å². The summed E-state index contributed by atoms with van der Waals surface area (Å²) in [4.78, 5) is 27.9. The fraction of sp³-hybridized carbons (Fsp3) is 0.211. The Hall–Kier alpha value is -2.36. The molecule has 4 rings (SSSR count). The second-order valence-electron chi connectivity index (χ2n) is 6.07. The average Bonchev–Trinajstić information content (AvgIpc) is 3.39. The molecule has 144 valence electrons. The Labute approximate surface area is 175 Å². The minimum atomic E-state index is -0.126. The van der Waals surface area contributed by atoms with E-state index in [0.29, 0.717) is 39.4 Å². The van der Waals surface area contributed by atoms with Gasteiger partial charge in [-0.05, 0) is 36.1 Å². The van der Waals surface area contributed by atoms with Gasteiger partial charge in [-0.25, -0.2) is 0 Å². The summed E-state index contributed by atoms with van der Waals surface area (Å²) >= 11 is 8.20. The van der Waals surface area contributed by atoms with Gasteiger partial charge < -0.3 is 14.8 Å². The molecule has 2 aliphatic heterocycles. The minimum Gasteiger partial charge on any atom is -0.454 e. The van der Waals surface area contributed by atoms with Gasteiger partial charge in [0.25, 0.3) is 5.91 Å². The summed E-state index contributed by atoms with van der Waals surface area (Å²) in [6.07, 6.45) is 2.67. The van der Waals surface area contributed by atoms with Gasteiger partial charge in [0.1, 0.15) is 4.32 Å². The molecule has 0 aliphatic carbocycles. The molecule has 3 heterocycles. The third-order valence-electron chi connectivity index (χ3n) is 4.13. The molecule has 1 aromatic carbocycles. The van der Waals surface area contributed by atoms with E-state index in [4.69, 9.17) is 21.7 Å². The maximum absolute atomic E-state index is 12.5. The first kappa shape index (κ1) is 19.0. The number of benzene rings is 1. The molecule has 0 bridgehead atoms. The number of hydrogen-bond acceptors (Lipinski definition) is 7. The zero-order valence-electron chi connectivity index (χ0n) is 14.7. The normalized spacial score (nSPS) is 16.9. The van der Waals surface area contributed by atoms with Crippen LogP contribution in [0.1, 0.15) is 17.7 Å². The summed E-state index contributed by atoms with van der Waals surface area (Å²) < 4.78 is 11.1. The Kier molecular flexibility index (Phi) is 5.65. The van der Waals surface area contributed by atoms with Crippen LogP contribution in [0.25, 0.3) is 6.08 Å². The fourth-order valence-electron chi connectivity index (χ4n) is 2.79. The van der Waals surface area contributed by atoms with Crippen LogP contribution in [0.5, 0.6) is 11.5 Å². The molecule has 0 unspecified atom stereocenters. The van der Waals surface area contributed by atoms with Crippen LogP contribution in [0.3, 0.4) is 0 Å². The Morgan fingerprint density at radius 2 is 2.14 bits per heavy atom. The highest BCUT2D eigenvalue weighted by Crippen LogP contribution is 2.35. The van der Waals surface area contributed by atoms with Crippen LogP contribution >= 0.6 is 35.3 Å². The van der Waals surface area contributed by atoms with Crippen molar-refractivity contribution in [3.63, 3.8) is 0 Å². The molecule has 6 nitrogen and oxygen atoms in total. The molecule has 1 fully saturated rings. The largest absolute Gasteiger partial charge is 0.454 e. The van der Waals surface area contributed by atoms with E-state index in [0.717, 1.165) is 4.88 Å². The molecule has 1 aromatic heterocycles. The van der Waals surface area contributed by atoms with E-state index in [1.807, 2.05) is 23.6 Å². The van der Waals surface area contributed by atoms with Gasteiger partial charge in [-0.2, -0.15) is 0 Å². The highest BCUT2D eigenvalue weighted by molar-refractivity contribution is 8.26. The molecule has 2 amide bonds. The molecule has 2 aliphatic rings. The number of anilines is 1. The maximum Gasteiger partial charge on any atom is 0.266 e. The van der Waals surface area contributed by atoms with Crippen LogP contribution in [0, 0.1) is 0 Å². The number of carbonyl (C=O) groups excluding carboxylic acids is 2. The molecule has 0 radical (unpaired) electrons. The van der Waals surface area contributed by atoms with Crippen LogP contribution in [0.15, 0.2) is 40.6 Å². The summed E-state index contributed by atoms with van der Waals surface area (Å²) in [5, 5.41) is 4.80. The van der Waals surface area contributed by atoms with Crippen LogP contribution in [0.4, 0.5) is 5.69 Å². The molecule has 1 saturated heterocycles. The van der Waals surface area contributed by atoms with Gasteiger partial charge in [0, 0.05) is 29.6 Å². The summed E-state index contributed by atoms with van der Waals surface area (Å²) in [6.45, 7) is 0.610. The standard InChI is InChI=1S/C19H16N2O4S3/c22-17(20-12-5-6-14-15(9-12)25-11-24-14)4-1-7-21-18(23)16(28-19(21)26)10-13-3-2-8-27-13/h2-3,5-6,8-10H,1,4,7,11H2,(H,20,22)/b16-10-. The van der Waals surface area contributed by atoms with Crippen molar-refractivity contribution in [3.05, 3.63) is 45.5 Å². The van der Waals surface area contributed by atoms with E-state index < -0.39 is 0 Å². The zero-order valence-corrected chi connectivity index (χ0v) is 17.1. The first-order chi connectivity index (χ1) is 13.6. The SMILES string of the molecule is O=C(CCCN1C(=O)/C(=C/c2cccs2)SC1=S)Nc1ccc2c(c1)OCO2. The van der Waals surface area contributed by atoms with E-state index in [2.05, 4.69) is 5.32 Å². The number of amides is 2. The van der Waals surface area contributed by atoms with E-state index in [1.165, 1.54) is 11.8 Å². The monoisotopic (exact) mass is 432 g/mol. The highest BCUT2D eigenvalue weighted by Gasteiger charge is 2.31. The third-order valence-corrected chi connectivity index (χ3v) is 6.33. The molecular weight excluding hydrogens is 416 g/mol. The number of ether oxygens (including phenoxy) is 2. The van der Waals surface area contributed by atoms with Crippen molar-refractivity contribution in [1.29, 1.82) is 0 Å². The first-order valence-electron chi connectivity index (χ1n) is 8.58. The molecular formula is C19H16N2O4S3. The second kappa shape index (κ2) is 8.34. The topological polar surface area (TPSA) is 67.9 Å². The number of thiophene rings is 1. The number of fused-ring (bicyclic) bond motifs is 1. The number of hydrogen-bond donors (Lipinski definition) is 1. The second-order valence-corrected chi connectivity index (χ2v) is 8.72. The van der Waals surface area contributed by atoms with E-state index in [1.54, 1.807) is 34.4 Å². The van der Waals surface area contributed by atoms with Crippen molar-refractivity contribution in [2.24, 2.45) is 0 Å². The van der Waals surface area contributed by atoms with Crippen molar-refractivity contribution in [2.45, 2.75) is 12.8 Å². The predicted octanol–water partition coefficient (Wildman–Crippen LogP) is 4.10. The number of thiocarbonyl (C=S) groups is 1.